The average Bonchev–Trinajstić information content (AvgIpc) is 2.81. The van der Waals surface area contributed by atoms with E-state index in [0.29, 0.717) is 11.5 Å². The molecular formula is C16H21F2N3. The van der Waals surface area contributed by atoms with Gasteiger partial charge in [0, 0.05) is 24.1 Å². The first kappa shape index (κ1) is 15.5. The summed E-state index contributed by atoms with van der Waals surface area (Å²) in [5.74, 6) is 1.55. The highest BCUT2D eigenvalue weighted by molar-refractivity contribution is 5.71. The molecule has 1 aromatic heterocycles. The molecule has 0 aliphatic rings. The van der Waals surface area contributed by atoms with Gasteiger partial charge in [0.2, 0.25) is 0 Å². The average molecular weight is 293 g/mol. The fourth-order valence-electron chi connectivity index (χ4n) is 2.35. The standard InChI is InChI=1S/C16H21F2N3/c1-3-5-10-21-13(4-2)20-14(16(21)19)11-6-8-12(9-7-11)15(17)18/h6-9,15H,3-5,10,19H2,1-2H3. The zero-order chi connectivity index (χ0) is 15.4. The summed E-state index contributed by atoms with van der Waals surface area (Å²) >= 11 is 0. The molecule has 0 aliphatic heterocycles. The lowest BCUT2D eigenvalue weighted by molar-refractivity contribution is 0.151. The van der Waals surface area contributed by atoms with E-state index in [1.807, 2.05) is 11.5 Å². The van der Waals surface area contributed by atoms with Crippen molar-refractivity contribution in [1.29, 1.82) is 0 Å². The van der Waals surface area contributed by atoms with Crippen molar-refractivity contribution >= 4 is 5.82 Å². The van der Waals surface area contributed by atoms with Crippen molar-refractivity contribution in [1.82, 2.24) is 9.55 Å². The van der Waals surface area contributed by atoms with E-state index in [9.17, 15) is 8.78 Å². The van der Waals surface area contributed by atoms with Crippen LogP contribution in [0.5, 0.6) is 0 Å². The summed E-state index contributed by atoms with van der Waals surface area (Å²) in [5, 5.41) is 0. The monoisotopic (exact) mass is 293 g/mol. The SMILES string of the molecule is CCCCn1c(CC)nc(-c2ccc(C(F)F)cc2)c1N. The van der Waals surface area contributed by atoms with Crippen LogP contribution in [0.15, 0.2) is 24.3 Å². The van der Waals surface area contributed by atoms with Gasteiger partial charge in [0.1, 0.15) is 17.3 Å². The predicted molar refractivity (Wildman–Crippen MR) is 81.3 cm³/mol. The van der Waals surface area contributed by atoms with Crippen LogP contribution in [0.1, 0.15) is 44.5 Å². The highest BCUT2D eigenvalue weighted by Gasteiger charge is 2.15. The Balaban J connectivity index is 2.37. The molecule has 0 radical (unpaired) electrons. The van der Waals surface area contributed by atoms with Gasteiger partial charge in [-0.15, -0.1) is 0 Å². The number of aryl methyl sites for hydroxylation is 1. The first-order valence-electron chi connectivity index (χ1n) is 7.31. The van der Waals surface area contributed by atoms with Gasteiger partial charge in [-0.25, -0.2) is 13.8 Å². The molecule has 0 aliphatic carbocycles. The molecule has 5 heteroatoms. The van der Waals surface area contributed by atoms with Gasteiger partial charge in [0.25, 0.3) is 6.43 Å². The highest BCUT2D eigenvalue weighted by atomic mass is 19.3. The van der Waals surface area contributed by atoms with Gasteiger partial charge in [-0.05, 0) is 6.42 Å². The largest absolute Gasteiger partial charge is 0.383 e. The third kappa shape index (κ3) is 3.23. The van der Waals surface area contributed by atoms with Crippen LogP contribution in [0.4, 0.5) is 14.6 Å². The maximum Gasteiger partial charge on any atom is 0.263 e. The second kappa shape index (κ2) is 6.70. The highest BCUT2D eigenvalue weighted by Crippen LogP contribution is 2.29. The molecule has 0 fully saturated rings. The summed E-state index contributed by atoms with van der Waals surface area (Å²) in [4.78, 5) is 4.58. The first-order valence-corrected chi connectivity index (χ1v) is 7.31. The van der Waals surface area contributed by atoms with Crippen molar-refractivity contribution in [3.05, 3.63) is 35.7 Å². The number of halogens is 2. The maximum atomic E-state index is 12.6. The molecule has 3 nitrogen and oxygen atoms in total. The van der Waals surface area contributed by atoms with Crippen LogP contribution in [0.2, 0.25) is 0 Å². The quantitative estimate of drug-likeness (QED) is 0.856. The molecule has 0 atom stereocenters. The van der Waals surface area contributed by atoms with Crippen molar-refractivity contribution in [3.63, 3.8) is 0 Å². The number of nitrogen functional groups attached to an aromatic ring is 1. The van der Waals surface area contributed by atoms with E-state index in [4.69, 9.17) is 5.73 Å². The molecule has 0 spiro atoms. The lowest BCUT2D eigenvalue weighted by Crippen LogP contribution is -2.06. The molecule has 1 heterocycles. The molecule has 2 aromatic rings. The van der Waals surface area contributed by atoms with Crippen molar-refractivity contribution in [3.8, 4) is 11.3 Å². The molecule has 0 saturated carbocycles. The molecule has 0 bridgehead atoms. The third-order valence-electron chi connectivity index (χ3n) is 3.57. The van der Waals surface area contributed by atoms with Crippen molar-refractivity contribution in [2.45, 2.75) is 46.1 Å². The number of unbranched alkanes of at least 4 members (excludes halogenated alkanes) is 1. The molecular weight excluding hydrogens is 272 g/mol. The Morgan fingerprint density at radius 3 is 2.38 bits per heavy atom. The zero-order valence-electron chi connectivity index (χ0n) is 12.4. The van der Waals surface area contributed by atoms with E-state index < -0.39 is 6.43 Å². The summed E-state index contributed by atoms with van der Waals surface area (Å²) in [5.41, 5.74) is 7.68. The number of aromatic nitrogens is 2. The van der Waals surface area contributed by atoms with Gasteiger partial charge < -0.3 is 10.3 Å². The smallest absolute Gasteiger partial charge is 0.263 e. The molecule has 0 unspecified atom stereocenters. The zero-order valence-corrected chi connectivity index (χ0v) is 12.4. The normalized spacial score (nSPS) is 11.3. The lowest BCUT2D eigenvalue weighted by atomic mass is 10.1. The molecule has 0 amide bonds. The van der Waals surface area contributed by atoms with Crippen LogP contribution < -0.4 is 5.73 Å². The van der Waals surface area contributed by atoms with E-state index in [-0.39, 0.29) is 5.56 Å². The summed E-state index contributed by atoms with van der Waals surface area (Å²) in [7, 11) is 0. The number of nitrogens with zero attached hydrogens (tertiary/aromatic N) is 2. The van der Waals surface area contributed by atoms with Gasteiger partial charge in [-0.1, -0.05) is 44.5 Å². The van der Waals surface area contributed by atoms with E-state index >= 15 is 0 Å². The van der Waals surface area contributed by atoms with Crippen LogP contribution in [-0.2, 0) is 13.0 Å². The minimum atomic E-state index is -2.45. The number of hydrogen-bond acceptors (Lipinski definition) is 2. The van der Waals surface area contributed by atoms with Gasteiger partial charge in [0.15, 0.2) is 0 Å². The number of nitrogens with two attached hydrogens (primary N) is 1. The molecule has 2 N–H and O–H groups in total. The van der Waals surface area contributed by atoms with Crippen molar-refractivity contribution in [2.24, 2.45) is 0 Å². The number of alkyl halides is 2. The molecule has 0 saturated heterocycles. The Kier molecular flexibility index (Phi) is 4.94. The van der Waals surface area contributed by atoms with Gasteiger partial charge >= 0.3 is 0 Å². The Morgan fingerprint density at radius 2 is 1.86 bits per heavy atom. The van der Waals surface area contributed by atoms with E-state index in [2.05, 4.69) is 11.9 Å². The fourth-order valence-corrected chi connectivity index (χ4v) is 2.35. The summed E-state index contributed by atoms with van der Waals surface area (Å²) in [6.07, 6.45) is 0.462. The minimum Gasteiger partial charge on any atom is -0.383 e. The minimum absolute atomic E-state index is 0.0125. The van der Waals surface area contributed by atoms with Crippen molar-refractivity contribution in [2.75, 3.05) is 5.73 Å². The topological polar surface area (TPSA) is 43.8 Å². The Hall–Kier alpha value is -1.91. The fraction of sp³-hybridized carbons (Fsp3) is 0.438. The third-order valence-corrected chi connectivity index (χ3v) is 3.57. The number of anilines is 1. The summed E-state index contributed by atoms with van der Waals surface area (Å²) < 4.78 is 27.2. The second-order valence-electron chi connectivity index (χ2n) is 5.04. The van der Waals surface area contributed by atoms with Crippen LogP contribution >= 0.6 is 0 Å². The first-order chi connectivity index (χ1) is 10.1. The Morgan fingerprint density at radius 1 is 1.19 bits per heavy atom. The molecule has 114 valence electrons. The van der Waals surface area contributed by atoms with Crippen molar-refractivity contribution < 1.29 is 8.78 Å². The molecule has 2 rings (SSSR count). The number of rotatable bonds is 6. The van der Waals surface area contributed by atoms with E-state index in [1.165, 1.54) is 12.1 Å². The summed E-state index contributed by atoms with van der Waals surface area (Å²) in [6, 6.07) is 6.17. The second-order valence-corrected chi connectivity index (χ2v) is 5.04. The van der Waals surface area contributed by atoms with Gasteiger partial charge in [0.05, 0.1) is 0 Å². The van der Waals surface area contributed by atoms with Crippen LogP contribution in [0.3, 0.4) is 0 Å². The maximum absolute atomic E-state index is 12.6. The number of imidazole rings is 1. The van der Waals surface area contributed by atoms with E-state index in [0.717, 1.165) is 37.2 Å². The van der Waals surface area contributed by atoms with E-state index in [1.54, 1.807) is 12.1 Å². The predicted octanol–water partition coefficient (Wildman–Crippen LogP) is 4.43. The molecule has 1 aromatic carbocycles. The molecule has 21 heavy (non-hydrogen) atoms. The van der Waals surface area contributed by atoms with Crippen LogP contribution in [0, 0.1) is 0 Å². The Labute approximate surface area is 123 Å². The number of benzene rings is 1. The Bertz CT molecular complexity index is 588. The van der Waals surface area contributed by atoms with Crippen LogP contribution in [0.25, 0.3) is 11.3 Å². The lowest BCUT2D eigenvalue weighted by Gasteiger charge is -2.08. The number of hydrogen-bond donors (Lipinski definition) is 1. The van der Waals surface area contributed by atoms with Crippen LogP contribution in [-0.4, -0.2) is 9.55 Å². The van der Waals surface area contributed by atoms with Gasteiger partial charge in [-0.3, -0.25) is 0 Å². The van der Waals surface area contributed by atoms with Gasteiger partial charge in [-0.2, -0.15) is 0 Å². The summed E-state index contributed by atoms with van der Waals surface area (Å²) in [6.45, 7) is 5.00.